The zero-order valence-electron chi connectivity index (χ0n) is 14.1. The molecule has 2 rings (SSSR count). The highest BCUT2D eigenvalue weighted by atomic mass is 16.5. The summed E-state index contributed by atoms with van der Waals surface area (Å²) in [5.74, 6) is 1.41. The van der Waals surface area contributed by atoms with Crippen molar-refractivity contribution in [2.24, 2.45) is 0 Å². The first-order chi connectivity index (χ1) is 11.6. The molecule has 1 N–H and O–H groups in total. The minimum absolute atomic E-state index is 0.103. The van der Waals surface area contributed by atoms with E-state index in [0.29, 0.717) is 24.5 Å². The van der Waals surface area contributed by atoms with E-state index in [4.69, 9.17) is 9.47 Å². The Morgan fingerprint density at radius 2 is 1.88 bits per heavy atom. The molecule has 0 bridgehead atoms. The third-order valence-electron chi connectivity index (χ3n) is 3.44. The van der Waals surface area contributed by atoms with Crippen LogP contribution in [-0.2, 0) is 0 Å². The van der Waals surface area contributed by atoms with Gasteiger partial charge >= 0.3 is 0 Å². The average Bonchev–Trinajstić information content (AvgIpc) is 2.59. The molecule has 0 aliphatic heterocycles. The fraction of sp³-hybridized carbons (Fsp3) is 0.250. The topological polar surface area (TPSA) is 47.6 Å². The monoisotopic (exact) mass is 325 g/mol. The molecular formula is C20H23NO3. The molecule has 0 aromatic heterocycles. The first-order valence-electron chi connectivity index (χ1n) is 7.93. The van der Waals surface area contributed by atoms with Gasteiger partial charge in [-0.1, -0.05) is 30.9 Å². The first-order valence-corrected chi connectivity index (χ1v) is 7.93. The van der Waals surface area contributed by atoms with Crippen molar-refractivity contribution in [3.8, 4) is 11.5 Å². The van der Waals surface area contributed by atoms with E-state index in [9.17, 15) is 4.79 Å². The molecule has 2 aromatic rings. The Kier molecular flexibility index (Phi) is 6.43. The number of para-hydroxylation sites is 1. The summed E-state index contributed by atoms with van der Waals surface area (Å²) in [6.07, 6.45) is 1.68. The van der Waals surface area contributed by atoms with Gasteiger partial charge in [-0.15, -0.1) is 0 Å². The molecule has 24 heavy (non-hydrogen) atoms. The summed E-state index contributed by atoms with van der Waals surface area (Å²) in [7, 11) is 0. The van der Waals surface area contributed by atoms with Gasteiger partial charge in [-0.2, -0.15) is 0 Å². The molecule has 0 fully saturated rings. The summed E-state index contributed by atoms with van der Waals surface area (Å²) in [5, 5.41) is 2.93. The van der Waals surface area contributed by atoms with Crippen molar-refractivity contribution < 1.29 is 14.3 Å². The molecule has 0 aliphatic carbocycles. The Balaban J connectivity index is 1.84. The number of aryl methyl sites for hydroxylation is 1. The predicted octanol–water partition coefficient (Wildman–Crippen LogP) is 3.76. The van der Waals surface area contributed by atoms with E-state index in [1.807, 2.05) is 38.1 Å². The molecule has 0 spiro atoms. The number of hydrogen-bond acceptors (Lipinski definition) is 3. The Morgan fingerprint density at radius 1 is 1.17 bits per heavy atom. The smallest absolute Gasteiger partial charge is 0.251 e. The number of benzene rings is 2. The number of rotatable bonds is 8. The van der Waals surface area contributed by atoms with Crippen molar-refractivity contribution in [3.05, 3.63) is 72.3 Å². The second-order valence-electron chi connectivity index (χ2n) is 5.58. The zero-order chi connectivity index (χ0) is 17.4. The molecule has 0 aliphatic rings. The van der Waals surface area contributed by atoms with Crippen LogP contribution in [0.15, 0.2) is 61.2 Å². The fourth-order valence-electron chi connectivity index (χ4n) is 2.14. The van der Waals surface area contributed by atoms with Crippen molar-refractivity contribution in [2.45, 2.75) is 19.9 Å². The zero-order valence-corrected chi connectivity index (χ0v) is 14.1. The Bertz CT molecular complexity index is 680. The van der Waals surface area contributed by atoms with E-state index >= 15 is 0 Å². The molecule has 1 atom stereocenters. The molecule has 126 valence electrons. The lowest BCUT2D eigenvalue weighted by molar-refractivity contribution is 0.0926. The highest BCUT2D eigenvalue weighted by Crippen LogP contribution is 2.16. The van der Waals surface area contributed by atoms with Gasteiger partial charge in [0.1, 0.15) is 24.7 Å². The van der Waals surface area contributed by atoms with Gasteiger partial charge in [-0.25, -0.2) is 0 Å². The van der Waals surface area contributed by atoms with Gasteiger partial charge in [0.2, 0.25) is 0 Å². The van der Waals surface area contributed by atoms with Crippen LogP contribution in [0, 0.1) is 6.92 Å². The molecule has 1 amide bonds. The summed E-state index contributed by atoms with van der Waals surface area (Å²) in [6, 6.07) is 14.7. The maximum atomic E-state index is 12.2. The second-order valence-corrected chi connectivity index (χ2v) is 5.58. The Morgan fingerprint density at radius 3 is 2.54 bits per heavy atom. The highest BCUT2D eigenvalue weighted by Gasteiger charge is 2.11. The molecule has 0 saturated heterocycles. The van der Waals surface area contributed by atoms with Crippen molar-refractivity contribution in [1.29, 1.82) is 0 Å². The largest absolute Gasteiger partial charge is 0.491 e. The van der Waals surface area contributed by atoms with E-state index in [-0.39, 0.29) is 11.9 Å². The number of hydrogen-bond donors (Lipinski definition) is 1. The summed E-state index contributed by atoms with van der Waals surface area (Å²) in [5.41, 5.74) is 1.66. The van der Waals surface area contributed by atoms with Gasteiger partial charge in [0, 0.05) is 5.56 Å². The summed E-state index contributed by atoms with van der Waals surface area (Å²) >= 11 is 0. The minimum atomic E-state index is -0.133. The quantitative estimate of drug-likeness (QED) is 0.752. The lowest BCUT2D eigenvalue weighted by atomic mass is 10.2. The van der Waals surface area contributed by atoms with Crippen LogP contribution in [0.3, 0.4) is 0 Å². The van der Waals surface area contributed by atoms with Gasteiger partial charge < -0.3 is 14.8 Å². The fourth-order valence-corrected chi connectivity index (χ4v) is 2.14. The Hall–Kier alpha value is -2.75. The van der Waals surface area contributed by atoms with Gasteiger partial charge in [-0.05, 0) is 49.7 Å². The average molecular weight is 325 g/mol. The molecule has 4 nitrogen and oxygen atoms in total. The van der Waals surface area contributed by atoms with Gasteiger partial charge in [0.15, 0.2) is 0 Å². The number of carbonyl (C=O) groups is 1. The van der Waals surface area contributed by atoms with Crippen LogP contribution in [0.2, 0.25) is 0 Å². The van der Waals surface area contributed by atoms with Gasteiger partial charge in [0.25, 0.3) is 5.91 Å². The third-order valence-corrected chi connectivity index (χ3v) is 3.44. The molecule has 1 unspecified atom stereocenters. The Labute approximate surface area is 143 Å². The number of ether oxygens (including phenoxy) is 2. The standard InChI is InChI=1S/C20H23NO3/c1-4-13-23-18-11-9-17(10-12-18)20(22)21-16(3)14-24-19-8-6-5-7-15(19)2/h4-12,16H,1,13-14H2,2-3H3,(H,21,22). The van der Waals surface area contributed by atoms with Crippen molar-refractivity contribution in [1.82, 2.24) is 5.32 Å². The maximum Gasteiger partial charge on any atom is 0.251 e. The van der Waals surface area contributed by atoms with E-state index in [1.54, 1.807) is 30.3 Å². The molecule has 0 radical (unpaired) electrons. The van der Waals surface area contributed by atoms with Crippen LogP contribution in [0.1, 0.15) is 22.8 Å². The third kappa shape index (κ3) is 5.16. The van der Waals surface area contributed by atoms with E-state index in [1.165, 1.54) is 0 Å². The maximum absolute atomic E-state index is 12.2. The SMILES string of the molecule is C=CCOc1ccc(C(=O)NC(C)COc2ccccc2C)cc1. The summed E-state index contributed by atoms with van der Waals surface area (Å²) in [4.78, 5) is 12.2. The van der Waals surface area contributed by atoms with Crippen molar-refractivity contribution in [3.63, 3.8) is 0 Å². The number of carbonyl (C=O) groups excluding carboxylic acids is 1. The van der Waals surface area contributed by atoms with Crippen molar-refractivity contribution in [2.75, 3.05) is 13.2 Å². The van der Waals surface area contributed by atoms with Gasteiger partial charge in [0.05, 0.1) is 6.04 Å². The summed E-state index contributed by atoms with van der Waals surface area (Å²) < 4.78 is 11.2. The molecule has 2 aromatic carbocycles. The number of amides is 1. The second kappa shape index (κ2) is 8.77. The normalized spacial score (nSPS) is 11.4. The molecule has 4 heteroatoms. The number of nitrogens with one attached hydrogen (secondary N) is 1. The minimum Gasteiger partial charge on any atom is -0.491 e. The summed E-state index contributed by atoms with van der Waals surface area (Å²) in [6.45, 7) is 8.36. The van der Waals surface area contributed by atoms with Gasteiger partial charge in [-0.3, -0.25) is 4.79 Å². The van der Waals surface area contributed by atoms with Crippen LogP contribution in [0.4, 0.5) is 0 Å². The van der Waals surface area contributed by atoms with Crippen LogP contribution in [0.5, 0.6) is 11.5 Å². The molecule has 0 heterocycles. The van der Waals surface area contributed by atoms with E-state index in [2.05, 4.69) is 11.9 Å². The predicted molar refractivity (Wildman–Crippen MR) is 95.7 cm³/mol. The first kappa shape index (κ1) is 17.6. The van der Waals surface area contributed by atoms with Crippen molar-refractivity contribution >= 4 is 5.91 Å². The van der Waals surface area contributed by atoms with Crippen LogP contribution < -0.4 is 14.8 Å². The lowest BCUT2D eigenvalue weighted by Gasteiger charge is -2.16. The molecular weight excluding hydrogens is 302 g/mol. The van der Waals surface area contributed by atoms with E-state index < -0.39 is 0 Å². The van der Waals surface area contributed by atoms with Crippen LogP contribution in [-0.4, -0.2) is 25.2 Å². The van der Waals surface area contributed by atoms with Crippen LogP contribution in [0.25, 0.3) is 0 Å². The van der Waals surface area contributed by atoms with E-state index in [0.717, 1.165) is 11.3 Å². The van der Waals surface area contributed by atoms with Crippen LogP contribution >= 0.6 is 0 Å². The molecule has 0 saturated carbocycles. The lowest BCUT2D eigenvalue weighted by Crippen LogP contribution is -2.36. The highest BCUT2D eigenvalue weighted by molar-refractivity contribution is 5.94.